The Balaban J connectivity index is 1.84. The van der Waals surface area contributed by atoms with Crippen molar-refractivity contribution in [2.24, 2.45) is 0 Å². The van der Waals surface area contributed by atoms with Gasteiger partial charge in [-0.1, -0.05) is 42.5 Å². The standard InChI is InChI=1S/C21H18F2O3/c1-25-19-12-15(21(24)20-16(22)8-5-9-17(20)23)10-11-18(19)26-13-14-6-3-2-4-7-14/h2-12,21,24H,13H2,1H3. The molecule has 3 nitrogen and oxygen atoms in total. The van der Waals surface area contributed by atoms with E-state index in [0.717, 1.165) is 17.7 Å². The lowest BCUT2D eigenvalue weighted by molar-refractivity contribution is 0.208. The van der Waals surface area contributed by atoms with Crippen molar-refractivity contribution in [3.63, 3.8) is 0 Å². The second kappa shape index (κ2) is 7.97. The lowest BCUT2D eigenvalue weighted by Gasteiger charge is -2.16. The molecule has 0 aliphatic rings. The van der Waals surface area contributed by atoms with Gasteiger partial charge in [0.05, 0.1) is 12.7 Å². The van der Waals surface area contributed by atoms with Crippen molar-refractivity contribution in [3.8, 4) is 11.5 Å². The minimum Gasteiger partial charge on any atom is -0.493 e. The SMILES string of the molecule is COc1cc(C(O)c2c(F)cccc2F)ccc1OCc1ccccc1. The van der Waals surface area contributed by atoms with Crippen molar-refractivity contribution in [1.29, 1.82) is 0 Å². The summed E-state index contributed by atoms with van der Waals surface area (Å²) in [5.74, 6) is -0.766. The first kappa shape index (κ1) is 17.9. The maximum atomic E-state index is 13.9. The molecule has 0 aliphatic heterocycles. The molecule has 3 rings (SSSR count). The van der Waals surface area contributed by atoms with Gasteiger partial charge in [0.1, 0.15) is 24.3 Å². The molecule has 0 fully saturated rings. The van der Waals surface area contributed by atoms with Crippen LogP contribution in [0, 0.1) is 11.6 Å². The maximum absolute atomic E-state index is 13.9. The molecule has 26 heavy (non-hydrogen) atoms. The van der Waals surface area contributed by atoms with Crippen LogP contribution in [-0.4, -0.2) is 12.2 Å². The lowest BCUT2D eigenvalue weighted by Crippen LogP contribution is -2.06. The molecular formula is C21H18F2O3. The maximum Gasteiger partial charge on any atom is 0.161 e. The van der Waals surface area contributed by atoms with Gasteiger partial charge in [-0.2, -0.15) is 0 Å². The van der Waals surface area contributed by atoms with Crippen LogP contribution in [0.4, 0.5) is 8.78 Å². The van der Waals surface area contributed by atoms with Gasteiger partial charge in [0.2, 0.25) is 0 Å². The molecule has 3 aromatic carbocycles. The first-order chi connectivity index (χ1) is 12.6. The molecule has 1 N–H and O–H groups in total. The van der Waals surface area contributed by atoms with Gasteiger partial charge < -0.3 is 14.6 Å². The van der Waals surface area contributed by atoms with Crippen LogP contribution in [0.1, 0.15) is 22.8 Å². The summed E-state index contributed by atoms with van der Waals surface area (Å²) in [7, 11) is 1.46. The zero-order valence-corrected chi connectivity index (χ0v) is 14.2. The molecular weight excluding hydrogens is 338 g/mol. The van der Waals surface area contributed by atoms with Crippen LogP contribution in [0.5, 0.6) is 11.5 Å². The summed E-state index contributed by atoms with van der Waals surface area (Å²) in [6, 6.07) is 17.8. The van der Waals surface area contributed by atoms with E-state index in [1.807, 2.05) is 30.3 Å². The molecule has 0 heterocycles. The monoisotopic (exact) mass is 356 g/mol. The van der Waals surface area contributed by atoms with Crippen molar-refractivity contribution in [2.45, 2.75) is 12.7 Å². The minimum absolute atomic E-state index is 0.304. The van der Waals surface area contributed by atoms with Gasteiger partial charge >= 0.3 is 0 Å². The van der Waals surface area contributed by atoms with E-state index in [-0.39, 0.29) is 0 Å². The van der Waals surface area contributed by atoms with E-state index in [0.29, 0.717) is 23.7 Å². The third-order valence-electron chi connectivity index (χ3n) is 4.01. The second-order valence-corrected chi connectivity index (χ2v) is 5.72. The molecule has 0 amide bonds. The van der Waals surface area contributed by atoms with Gasteiger partial charge in [-0.05, 0) is 35.4 Å². The molecule has 0 aromatic heterocycles. The summed E-state index contributed by atoms with van der Waals surface area (Å²) < 4.78 is 38.8. The van der Waals surface area contributed by atoms with Crippen LogP contribution >= 0.6 is 0 Å². The predicted molar refractivity (Wildman–Crippen MR) is 94.2 cm³/mol. The van der Waals surface area contributed by atoms with Gasteiger partial charge in [0.15, 0.2) is 11.5 Å². The first-order valence-corrected chi connectivity index (χ1v) is 8.06. The Morgan fingerprint density at radius 1 is 0.885 bits per heavy atom. The lowest BCUT2D eigenvalue weighted by atomic mass is 10.00. The molecule has 0 saturated heterocycles. The van der Waals surface area contributed by atoms with Crippen LogP contribution in [0.2, 0.25) is 0 Å². The summed E-state index contributed by atoms with van der Waals surface area (Å²) in [4.78, 5) is 0. The van der Waals surface area contributed by atoms with Crippen LogP contribution in [0.25, 0.3) is 0 Å². The molecule has 3 aromatic rings. The average Bonchev–Trinajstić information content (AvgIpc) is 2.66. The van der Waals surface area contributed by atoms with E-state index in [1.54, 1.807) is 12.1 Å². The average molecular weight is 356 g/mol. The molecule has 1 unspecified atom stereocenters. The Hall–Kier alpha value is -2.92. The first-order valence-electron chi connectivity index (χ1n) is 8.06. The highest BCUT2D eigenvalue weighted by Gasteiger charge is 2.21. The zero-order valence-electron chi connectivity index (χ0n) is 14.2. The Morgan fingerprint density at radius 2 is 1.58 bits per heavy atom. The molecule has 0 aliphatic carbocycles. The highest BCUT2D eigenvalue weighted by molar-refractivity contribution is 5.45. The van der Waals surface area contributed by atoms with E-state index in [9.17, 15) is 13.9 Å². The highest BCUT2D eigenvalue weighted by atomic mass is 19.1. The van der Waals surface area contributed by atoms with Gasteiger partial charge in [-0.3, -0.25) is 0 Å². The summed E-state index contributed by atoms with van der Waals surface area (Å²) >= 11 is 0. The number of aliphatic hydroxyl groups is 1. The van der Waals surface area contributed by atoms with Crippen LogP contribution in [0.15, 0.2) is 66.7 Å². The summed E-state index contributed by atoms with van der Waals surface area (Å²) in [5, 5.41) is 10.4. The smallest absolute Gasteiger partial charge is 0.161 e. The Kier molecular flexibility index (Phi) is 5.49. The summed E-state index contributed by atoms with van der Waals surface area (Å²) in [5.41, 5.74) is 0.900. The summed E-state index contributed by atoms with van der Waals surface area (Å²) in [6.07, 6.45) is -1.45. The van der Waals surface area contributed by atoms with Crippen molar-refractivity contribution in [3.05, 3.63) is 95.1 Å². The fraction of sp³-hybridized carbons (Fsp3) is 0.143. The number of rotatable bonds is 6. The van der Waals surface area contributed by atoms with E-state index in [4.69, 9.17) is 9.47 Å². The Morgan fingerprint density at radius 3 is 2.23 bits per heavy atom. The fourth-order valence-corrected chi connectivity index (χ4v) is 2.65. The van der Waals surface area contributed by atoms with Gasteiger partial charge in [-0.25, -0.2) is 8.78 Å². The zero-order chi connectivity index (χ0) is 18.5. The van der Waals surface area contributed by atoms with Gasteiger partial charge in [0.25, 0.3) is 0 Å². The van der Waals surface area contributed by atoms with Crippen LogP contribution < -0.4 is 9.47 Å². The number of aliphatic hydroxyl groups excluding tert-OH is 1. The Bertz CT molecular complexity index is 861. The number of benzene rings is 3. The van der Waals surface area contributed by atoms with Crippen molar-refractivity contribution in [2.75, 3.05) is 7.11 Å². The molecule has 134 valence electrons. The minimum atomic E-state index is -1.45. The topological polar surface area (TPSA) is 38.7 Å². The van der Waals surface area contributed by atoms with E-state index in [2.05, 4.69) is 0 Å². The van der Waals surface area contributed by atoms with E-state index >= 15 is 0 Å². The van der Waals surface area contributed by atoms with Gasteiger partial charge in [-0.15, -0.1) is 0 Å². The fourth-order valence-electron chi connectivity index (χ4n) is 2.65. The van der Waals surface area contributed by atoms with Gasteiger partial charge in [0, 0.05) is 0 Å². The third kappa shape index (κ3) is 3.83. The molecule has 0 spiro atoms. The van der Waals surface area contributed by atoms with Crippen LogP contribution in [-0.2, 0) is 6.61 Å². The van der Waals surface area contributed by atoms with Crippen molar-refractivity contribution >= 4 is 0 Å². The van der Waals surface area contributed by atoms with Crippen molar-refractivity contribution < 1.29 is 23.4 Å². The summed E-state index contributed by atoms with van der Waals surface area (Å²) in [6.45, 7) is 0.348. The molecule has 5 heteroatoms. The number of ether oxygens (including phenoxy) is 2. The molecule has 0 saturated carbocycles. The Labute approximate surface area is 150 Å². The predicted octanol–water partition coefficient (Wildman–Crippen LogP) is 4.63. The highest BCUT2D eigenvalue weighted by Crippen LogP contribution is 2.34. The van der Waals surface area contributed by atoms with E-state index in [1.165, 1.54) is 19.2 Å². The number of methoxy groups -OCH3 is 1. The number of hydrogen-bond donors (Lipinski definition) is 1. The molecule has 0 radical (unpaired) electrons. The van der Waals surface area contributed by atoms with E-state index < -0.39 is 23.3 Å². The largest absolute Gasteiger partial charge is 0.493 e. The third-order valence-corrected chi connectivity index (χ3v) is 4.01. The quantitative estimate of drug-likeness (QED) is 0.700. The number of halogens is 2. The number of hydrogen-bond acceptors (Lipinski definition) is 3. The molecule has 1 atom stereocenters. The molecule has 0 bridgehead atoms. The normalized spacial score (nSPS) is 11.8. The second-order valence-electron chi connectivity index (χ2n) is 5.72. The van der Waals surface area contributed by atoms with Crippen molar-refractivity contribution in [1.82, 2.24) is 0 Å². The van der Waals surface area contributed by atoms with Crippen LogP contribution in [0.3, 0.4) is 0 Å².